The number of aromatic nitrogens is 1. The van der Waals surface area contributed by atoms with Crippen LogP contribution in [0.4, 0.5) is 0 Å². The second-order valence-electron chi connectivity index (χ2n) is 5.72. The zero-order valence-corrected chi connectivity index (χ0v) is 12.2. The van der Waals surface area contributed by atoms with Crippen molar-refractivity contribution in [2.45, 2.75) is 32.8 Å². The van der Waals surface area contributed by atoms with Crippen molar-refractivity contribution in [2.24, 2.45) is 7.05 Å². The average molecular weight is 273 g/mol. The summed E-state index contributed by atoms with van der Waals surface area (Å²) >= 11 is 0. The van der Waals surface area contributed by atoms with Crippen LogP contribution in [0.25, 0.3) is 5.57 Å². The van der Waals surface area contributed by atoms with Gasteiger partial charge in [-0.2, -0.15) is 0 Å². The van der Waals surface area contributed by atoms with Crippen molar-refractivity contribution in [1.29, 1.82) is 0 Å². The van der Waals surface area contributed by atoms with Gasteiger partial charge in [0.25, 0.3) is 5.56 Å². The molecule has 2 N–H and O–H groups in total. The molecule has 0 saturated heterocycles. The molecule has 1 aromatic heterocycles. The van der Waals surface area contributed by atoms with Crippen LogP contribution in [0.1, 0.15) is 37.5 Å². The van der Waals surface area contributed by atoms with E-state index in [0.717, 1.165) is 16.7 Å². The maximum absolute atomic E-state index is 12.2. The first-order chi connectivity index (χ1) is 9.24. The summed E-state index contributed by atoms with van der Waals surface area (Å²) in [5.74, 6) is 5.69. The maximum Gasteiger partial charge on any atom is 0.254 e. The minimum atomic E-state index is -1.10. The van der Waals surface area contributed by atoms with Gasteiger partial charge in [0.05, 0.1) is 6.61 Å². The summed E-state index contributed by atoms with van der Waals surface area (Å²) in [6, 6.07) is 0. The Bertz CT molecular complexity index is 706. The van der Waals surface area contributed by atoms with E-state index in [4.69, 9.17) is 0 Å². The van der Waals surface area contributed by atoms with Crippen LogP contribution in [0.5, 0.6) is 0 Å². The van der Waals surface area contributed by atoms with Crippen molar-refractivity contribution >= 4 is 5.57 Å². The van der Waals surface area contributed by atoms with Gasteiger partial charge < -0.3 is 14.8 Å². The number of nitrogens with zero attached hydrogens (tertiary/aromatic N) is 1. The van der Waals surface area contributed by atoms with Crippen molar-refractivity contribution in [1.82, 2.24) is 4.57 Å². The van der Waals surface area contributed by atoms with E-state index in [1.807, 2.05) is 6.92 Å². The van der Waals surface area contributed by atoms with Gasteiger partial charge in [-0.25, -0.2) is 0 Å². The second kappa shape index (κ2) is 4.93. The van der Waals surface area contributed by atoms with Gasteiger partial charge in [-0.15, -0.1) is 0 Å². The lowest BCUT2D eigenvalue weighted by atomic mass is 10.0. The smallest absolute Gasteiger partial charge is 0.254 e. The highest BCUT2D eigenvalue weighted by molar-refractivity contribution is 5.80. The van der Waals surface area contributed by atoms with E-state index < -0.39 is 5.60 Å². The Kier molecular flexibility index (Phi) is 3.59. The molecule has 1 heterocycles. The minimum Gasteiger partial charge on any atom is -0.392 e. The summed E-state index contributed by atoms with van der Waals surface area (Å²) in [5.41, 5.74) is 2.70. The number of hydrogen-bond acceptors (Lipinski definition) is 3. The monoisotopic (exact) mass is 273 g/mol. The lowest BCUT2D eigenvalue weighted by molar-refractivity contribution is 0.143. The van der Waals surface area contributed by atoms with Crippen molar-refractivity contribution in [3.05, 3.63) is 38.8 Å². The fourth-order valence-corrected chi connectivity index (χ4v) is 2.42. The number of pyridine rings is 1. The Morgan fingerprint density at radius 2 is 2.10 bits per heavy atom. The Labute approximate surface area is 118 Å². The van der Waals surface area contributed by atoms with Crippen LogP contribution in [0, 0.1) is 11.8 Å². The molecular formula is C16H19NO3. The van der Waals surface area contributed by atoms with Gasteiger partial charge in [-0.3, -0.25) is 4.79 Å². The number of aliphatic hydroxyl groups excluding tert-OH is 1. The molecule has 0 atom stereocenters. The van der Waals surface area contributed by atoms with Gasteiger partial charge >= 0.3 is 0 Å². The molecule has 0 bridgehead atoms. The van der Waals surface area contributed by atoms with Gasteiger partial charge in [0.2, 0.25) is 0 Å². The van der Waals surface area contributed by atoms with E-state index in [-0.39, 0.29) is 12.2 Å². The van der Waals surface area contributed by atoms with E-state index in [9.17, 15) is 15.0 Å². The Morgan fingerprint density at radius 3 is 2.65 bits per heavy atom. The first kappa shape index (κ1) is 14.6. The molecule has 1 aliphatic carbocycles. The Hall–Kier alpha value is -1.83. The standard InChI is InChI=1S/C16H19NO3/c1-10-7-12-14(13(10)9-18)11(5-6-16(2,3)20)8-17(4)15(12)19/h8,18,20H,7,9H2,1-4H3. The zero-order chi connectivity index (χ0) is 15.1. The normalized spacial score (nSPS) is 14.1. The SMILES string of the molecule is CC1=C(CO)c2c(C#CC(C)(C)O)cn(C)c(=O)c2C1. The highest BCUT2D eigenvalue weighted by Gasteiger charge is 2.24. The van der Waals surface area contributed by atoms with Gasteiger partial charge in [0.15, 0.2) is 0 Å². The van der Waals surface area contributed by atoms with Gasteiger partial charge in [0, 0.05) is 29.9 Å². The third kappa shape index (κ3) is 2.55. The van der Waals surface area contributed by atoms with Crippen LogP contribution in [0.2, 0.25) is 0 Å². The van der Waals surface area contributed by atoms with Crippen LogP contribution >= 0.6 is 0 Å². The van der Waals surface area contributed by atoms with E-state index in [1.54, 1.807) is 27.1 Å². The average Bonchev–Trinajstić information content (AvgIpc) is 2.68. The van der Waals surface area contributed by atoms with E-state index >= 15 is 0 Å². The summed E-state index contributed by atoms with van der Waals surface area (Å²) in [6.45, 7) is 5.02. The molecular weight excluding hydrogens is 254 g/mol. The number of rotatable bonds is 1. The molecule has 0 saturated carbocycles. The fourth-order valence-electron chi connectivity index (χ4n) is 2.42. The Balaban J connectivity index is 2.71. The van der Waals surface area contributed by atoms with Crippen LogP contribution in [-0.4, -0.2) is 27.0 Å². The van der Waals surface area contributed by atoms with Crippen LogP contribution in [-0.2, 0) is 13.5 Å². The number of aliphatic hydroxyl groups is 2. The van der Waals surface area contributed by atoms with Crippen molar-refractivity contribution in [3.8, 4) is 11.8 Å². The molecule has 106 valence electrons. The lowest BCUT2D eigenvalue weighted by Gasteiger charge is -2.10. The molecule has 0 fully saturated rings. The number of hydrogen-bond donors (Lipinski definition) is 2. The highest BCUT2D eigenvalue weighted by Crippen LogP contribution is 2.32. The maximum atomic E-state index is 12.2. The lowest BCUT2D eigenvalue weighted by Crippen LogP contribution is -2.22. The van der Waals surface area contributed by atoms with Gasteiger partial charge in [-0.1, -0.05) is 17.4 Å². The number of aryl methyl sites for hydroxylation is 1. The summed E-state index contributed by atoms with van der Waals surface area (Å²) in [6.07, 6.45) is 2.21. The number of allylic oxidation sites excluding steroid dienone is 1. The van der Waals surface area contributed by atoms with Crippen molar-refractivity contribution < 1.29 is 10.2 Å². The first-order valence-corrected chi connectivity index (χ1v) is 6.52. The van der Waals surface area contributed by atoms with E-state index in [0.29, 0.717) is 17.5 Å². The highest BCUT2D eigenvalue weighted by atomic mass is 16.3. The van der Waals surface area contributed by atoms with E-state index in [2.05, 4.69) is 11.8 Å². The van der Waals surface area contributed by atoms with Gasteiger partial charge in [0.1, 0.15) is 5.60 Å². The molecule has 0 unspecified atom stereocenters. The summed E-state index contributed by atoms with van der Waals surface area (Å²) in [7, 11) is 1.68. The van der Waals surface area contributed by atoms with Crippen LogP contribution in [0.15, 0.2) is 16.6 Å². The molecule has 0 aromatic carbocycles. The van der Waals surface area contributed by atoms with Crippen LogP contribution in [0.3, 0.4) is 0 Å². The summed E-state index contributed by atoms with van der Waals surface area (Å²) in [5, 5.41) is 19.3. The van der Waals surface area contributed by atoms with E-state index in [1.165, 1.54) is 4.57 Å². The quantitative estimate of drug-likeness (QED) is 0.745. The topological polar surface area (TPSA) is 62.5 Å². The third-order valence-corrected chi connectivity index (χ3v) is 3.39. The molecule has 20 heavy (non-hydrogen) atoms. The first-order valence-electron chi connectivity index (χ1n) is 6.52. The fraction of sp³-hybridized carbons (Fsp3) is 0.438. The molecule has 0 amide bonds. The van der Waals surface area contributed by atoms with Crippen molar-refractivity contribution in [3.63, 3.8) is 0 Å². The molecule has 4 heteroatoms. The third-order valence-electron chi connectivity index (χ3n) is 3.39. The van der Waals surface area contributed by atoms with Crippen LogP contribution < -0.4 is 5.56 Å². The number of fused-ring (bicyclic) bond motifs is 1. The molecule has 0 radical (unpaired) electrons. The molecule has 0 aliphatic heterocycles. The molecule has 2 rings (SSSR count). The second-order valence-corrected chi connectivity index (χ2v) is 5.72. The van der Waals surface area contributed by atoms with Gasteiger partial charge in [-0.05, 0) is 32.8 Å². The van der Waals surface area contributed by atoms with Crippen molar-refractivity contribution in [2.75, 3.05) is 6.61 Å². The zero-order valence-electron chi connectivity index (χ0n) is 12.2. The predicted molar refractivity (Wildman–Crippen MR) is 78.2 cm³/mol. The Morgan fingerprint density at radius 1 is 1.45 bits per heavy atom. The minimum absolute atomic E-state index is 0.0587. The molecule has 4 nitrogen and oxygen atoms in total. The molecule has 0 spiro atoms. The summed E-state index contributed by atoms with van der Waals surface area (Å²) in [4.78, 5) is 12.2. The molecule has 1 aliphatic rings. The molecule has 1 aromatic rings. The summed E-state index contributed by atoms with van der Waals surface area (Å²) < 4.78 is 1.50. The largest absolute Gasteiger partial charge is 0.392 e. The predicted octanol–water partition coefficient (Wildman–Crippen LogP) is 0.830.